The monoisotopic (exact) mass is 973 g/mol. The van der Waals surface area contributed by atoms with Crippen LogP contribution in [-0.4, -0.2) is 107 Å². The van der Waals surface area contributed by atoms with Gasteiger partial charge in [-0.05, 0) is 110 Å². The number of rotatable bonds is 12. The fourth-order valence-electron chi connectivity index (χ4n) is 9.11. The number of imidazole rings is 1. The van der Waals surface area contributed by atoms with Crippen LogP contribution in [0.15, 0.2) is 53.9 Å². The van der Waals surface area contributed by atoms with Gasteiger partial charge in [-0.2, -0.15) is 4.98 Å². The SMILES string of the molecule is COc1ccc(Cc2csc(-c3cccc4c3nc(O[C@@H]3C[C@H]5C(=O)N[C@]6(C(=O)NS(=O)(=O)C7(C)CC7)C[C@H]6/C=C\CCCCC[C@H](NC(=O)OC(C)(C)C)C(=O)N5C3)n4C(C)C)n2)cc1OC. The fourth-order valence-corrected chi connectivity index (χ4v) is 11.3. The fraction of sp³-hybridized carbons (Fsp3) is 0.551. The first-order chi connectivity index (χ1) is 32.2. The van der Waals surface area contributed by atoms with E-state index in [4.69, 9.17) is 28.9 Å². The van der Waals surface area contributed by atoms with Crippen LogP contribution in [0.25, 0.3) is 21.6 Å². The van der Waals surface area contributed by atoms with Crippen molar-refractivity contribution in [3.63, 3.8) is 0 Å². The molecular formula is C49H63N7O10S2. The molecule has 1 saturated heterocycles. The minimum absolute atomic E-state index is 0.0193. The highest BCUT2D eigenvalue weighted by Crippen LogP contribution is 2.48. The molecule has 2 aliphatic carbocycles. The van der Waals surface area contributed by atoms with Gasteiger partial charge in [0.15, 0.2) is 11.5 Å². The van der Waals surface area contributed by atoms with Gasteiger partial charge >= 0.3 is 6.09 Å². The Labute approximate surface area is 401 Å². The van der Waals surface area contributed by atoms with Gasteiger partial charge < -0.3 is 34.5 Å². The maximum absolute atomic E-state index is 14.8. The molecule has 2 saturated carbocycles. The van der Waals surface area contributed by atoms with E-state index in [0.717, 1.165) is 40.2 Å². The summed E-state index contributed by atoms with van der Waals surface area (Å²) in [6.07, 6.45) is 7.05. The van der Waals surface area contributed by atoms with Crippen LogP contribution in [0.4, 0.5) is 4.79 Å². The van der Waals surface area contributed by atoms with Crippen molar-refractivity contribution in [3.05, 3.63) is 65.2 Å². The maximum Gasteiger partial charge on any atom is 0.408 e. The summed E-state index contributed by atoms with van der Waals surface area (Å²) in [6.45, 7) is 10.8. The molecule has 366 valence electrons. The van der Waals surface area contributed by atoms with Crippen molar-refractivity contribution in [1.29, 1.82) is 0 Å². The molecule has 3 N–H and O–H groups in total. The Morgan fingerprint density at radius 1 is 1.03 bits per heavy atom. The summed E-state index contributed by atoms with van der Waals surface area (Å²) in [7, 11) is -0.818. The number of allylic oxidation sites excluding steroid dienone is 1. The van der Waals surface area contributed by atoms with Crippen LogP contribution in [-0.2, 0) is 35.6 Å². The van der Waals surface area contributed by atoms with Gasteiger partial charge in [-0.15, -0.1) is 11.3 Å². The highest BCUT2D eigenvalue weighted by molar-refractivity contribution is 7.91. The second-order valence-corrected chi connectivity index (χ2v) is 23.0. The molecule has 0 spiro atoms. The zero-order valence-corrected chi connectivity index (χ0v) is 41.7. The average molecular weight is 974 g/mol. The number of aromatic nitrogens is 3. The molecule has 2 aliphatic heterocycles. The summed E-state index contributed by atoms with van der Waals surface area (Å²) >= 11 is 1.51. The van der Waals surface area contributed by atoms with Gasteiger partial charge in [-0.25, -0.2) is 18.2 Å². The number of thiazole rings is 1. The summed E-state index contributed by atoms with van der Waals surface area (Å²) in [5.74, 6) is -1.12. The van der Waals surface area contributed by atoms with Crippen molar-refractivity contribution in [2.24, 2.45) is 5.92 Å². The molecule has 4 aliphatic rings. The Morgan fingerprint density at radius 2 is 1.79 bits per heavy atom. The van der Waals surface area contributed by atoms with Crippen LogP contribution < -0.4 is 29.6 Å². The second-order valence-electron chi connectivity index (χ2n) is 19.9. The molecular weight excluding hydrogens is 911 g/mol. The lowest BCUT2D eigenvalue weighted by Crippen LogP contribution is -2.58. The van der Waals surface area contributed by atoms with Crippen LogP contribution in [0.5, 0.6) is 17.5 Å². The topological polar surface area (TPSA) is 209 Å². The minimum atomic E-state index is -4.02. The molecule has 68 heavy (non-hydrogen) atoms. The number of alkyl carbamates (subject to hydrolysis) is 1. The van der Waals surface area contributed by atoms with Crippen molar-refractivity contribution in [2.75, 3.05) is 20.8 Å². The Bertz CT molecular complexity index is 2720. The zero-order valence-electron chi connectivity index (χ0n) is 40.0. The summed E-state index contributed by atoms with van der Waals surface area (Å²) < 4.78 is 53.1. The Kier molecular flexibility index (Phi) is 13.6. The standard InChI is InChI=1S/C49H63N7O10S2/c1-29(2)56-36-18-14-16-34(42-50-32(28-67-42)23-30-19-20-38(63-7)39(24-30)64-8)40(36)52-45(56)65-33-25-37-41(57)53-49(44(59)54-68(61,62)48(6)21-22-48)26-31(49)15-12-10-9-11-13-17-35(43(58)55(37)27-33)51-46(60)66-47(3,4)5/h12,14-16,18-20,24,28-29,31,33,35,37H,9-11,13,17,21-23,25-27H2,1-8H3,(H,51,60)(H,53,57)(H,54,59)/b15-12-/t31-,33-,35+,37+,49-/m1/s1. The number of carbonyl (C=O) groups is 4. The average Bonchev–Trinajstić information content (AvgIpc) is 3.97. The number of hydrogen-bond acceptors (Lipinski definition) is 13. The van der Waals surface area contributed by atoms with Crippen molar-refractivity contribution >= 4 is 56.2 Å². The van der Waals surface area contributed by atoms with Crippen molar-refractivity contribution < 1.29 is 46.5 Å². The van der Waals surface area contributed by atoms with Gasteiger partial charge in [0.2, 0.25) is 21.8 Å². The Hall–Kier alpha value is -5.69. The van der Waals surface area contributed by atoms with Crippen LogP contribution >= 0.6 is 11.3 Å². The van der Waals surface area contributed by atoms with E-state index in [-0.39, 0.29) is 31.4 Å². The number of carbonyl (C=O) groups excluding carboxylic acids is 4. The third-order valence-electron chi connectivity index (χ3n) is 13.3. The number of ether oxygens (including phenoxy) is 4. The summed E-state index contributed by atoms with van der Waals surface area (Å²) in [5, 5.41) is 8.51. The third-order valence-corrected chi connectivity index (χ3v) is 16.3. The minimum Gasteiger partial charge on any atom is -0.493 e. The van der Waals surface area contributed by atoms with E-state index in [0.29, 0.717) is 55.5 Å². The number of methoxy groups -OCH3 is 2. The molecule has 2 aromatic carbocycles. The second kappa shape index (κ2) is 19.0. The number of para-hydroxylation sites is 1. The Balaban J connectivity index is 1.10. The molecule has 17 nitrogen and oxygen atoms in total. The number of fused-ring (bicyclic) bond motifs is 3. The molecule has 4 amide bonds. The van der Waals surface area contributed by atoms with Crippen molar-refractivity contribution in [1.82, 2.24) is 34.8 Å². The van der Waals surface area contributed by atoms with Crippen LogP contribution in [0.2, 0.25) is 0 Å². The molecule has 0 radical (unpaired) electrons. The van der Waals surface area contributed by atoms with Gasteiger partial charge in [0.1, 0.15) is 39.9 Å². The predicted octanol–water partition coefficient (Wildman–Crippen LogP) is 6.98. The lowest BCUT2D eigenvalue weighted by Gasteiger charge is -2.30. The number of amides is 4. The first-order valence-corrected chi connectivity index (χ1v) is 25.8. The first-order valence-electron chi connectivity index (χ1n) is 23.4. The molecule has 4 heterocycles. The number of benzene rings is 2. The van der Waals surface area contributed by atoms with Crippen LogP contribution in [0.3, 0.4) is 0 Å². The van der Waals surface area contributed by atoms with E-state index >= 15 is 0 Å². The van der Waals surface area contributed by atoms with E-state index in [1.54, 1.807) is 41.9 Å². The largest absolute Gasteiger partial charge is 0.493 e. The maximum atomic E-state index is 14.8. The molecule has 0 bridgehead atoms. The van der Waals surface area contributed by atoms with Crippen molar-refractivity contribution in [3.8, 4) is 28.1 Å². The molecule has 5 atom stereocenters. The number of nitrogens with zero attached hydrogens (tertiary/aromatic N) is 4. The number of nitrogens with one attached hydrogen (secondary N) is 3. The summed E-state index contributed by atoms with van der Waals surface area (Å²) in [5.41, 5.74) is 1.80. The smallest absolute Gasteiger partial charge is 0.408 e. The highest BCUT2D eigenvalue weighted by atomic mass is 32.2. The van der Waals surface area contributed by atoms with Crippen LogP contribution in [0.1, 0.15) is 117 Å². The molecule has 8 rings (SSSR count). The predicted molar refractivity (Wildman–Crippen MR) is 257 cm³/mol. The molecule has 3 fully saturated rings. The normalized spacial score (nSPS) is 24.5. The highest BCUT2D eigenvalue weighted by Gasteiger charge is 2.63. The van der Waals surface area contributed by atoms with Crippen molar-refractivity contribution in [2.45, 2.75) is 146 Å². The van der Waals surface area contributed by atoms with Crippen LogP contribution in [0, 0.1) is 5.92 Å². The van der Waals surface area contributed by atoms with Gasteiger partial charge in [-0.3, -0.25) is 23.7 Å². The van der Waals surface area contributed by atoms with Gasteiger partial charge in [-0.1, -0.05) is 37.1 Å². The van der Waals surface area contributed by atoms with E-state index in [9.17, 15) is 27.6 Å². The Morgan fingerprint density at radius 3 is 2.50 bits per heavy atom. The number of hydrogen-bond donors (Lipinski definition) is 3. The molecule has 0 unspecified atom stereocenters. The molecule has 4 aromatic rings. The molecule has 19 heteroatoms. The number of sulfonamides is 1. The lowest BCUT2D eigenvalue weighted by molar-refractivity contribution is -0.141. The van der Waals surface area contributed by atoms with Gasteiger partial charge in [0.05, 0.1) is 36.7 Å². The lowest BCUT2D eigenvalue weighted by atomic mass is 10.0. The first kappa shape index (κ1) is 48.8. The van der Waals surface area contributed by atoms with E-state index < -0.39 is 73.8 Å². The quantitative estimate of drug-likeness (QED) is 0.123. The van der Waals surface area contributed by atoms with E-state index in [2.05, 4.69) is 15.4 Å². The summed E-state index contributed by atoms with van der Waals surface area (Å²) in [6, 6.07) is 9.67. The van der Waals surface area contributed by atoms with Gasteiger partial charge in [0.25, 0.3) is 11.9 Å². The molecule has 2 aromatic heterocycles. The summed E-state index contributed by atoms with van der Waals surface area (Å²) in [4.78, 5) is 68.3. The zero-order chi connectivity index (χ0) is 48.8. The van der Waals surface area contributed by atoms with E-state index in [1.165, 1.54) is 16.2 Å². The van der Waals surface area contributed by atoms with E-state index in [1.807, 2.05) is 72.3 Å². The van der Waals surface area contributed by atoms with Gasteiger partial charge in [0, 0.05) is 35.7 Å². The third kappa shape index (κ3) is 10.2.